The normalized spacial score (nSPS) is 34.6. The van der Waals surface area contributed by atoms with Crippen LogP contribution in [0, 0.1) is 17.8 Å². The van der Waals surface area contributed by atoms with E-state index < -0.39 is 0 Å². The molecule has 2 saturated carbocycles. The summed E-state index contributed by atoms with van der Waals surface area (Å²) in [6, 6.07) is 0.629. The second-order valence-corrected chi connectivity index (χ2v) is 6.47. The van der Waals surface area contributed by atoms with Crippen LogP contribution < -0.4 is 0 Å². The SMILES string of the molecule is CCN(CC1CC1)C1CC(O)CCC1C(C)C. The minimum absolute atomic E-state index is 0.0525. The van der Waals surface area contributed by atoms with Gasteiger partial charge in [0.15, 0.2) is 0 Å². The fourth-order valence-corrected chi connectivity index (χ4v) is 3.48. The first-order chi connectivity index (χ1) is 8.11. The average molecular weight is 239 g/mol. The van der Waals surface area contributed by atoms with E-state index in [1.807, 2.05) is 0 Å². The molecular formula is C15H29NO. The van der Waals surface area contributed by atoms with Crippen LogP contribution in [-0.4, -0.2) is 35.2 Å². The van der Waals surface area contributed by atoms with E-state index >= 15 is 0 Å². The van der Waals surface area contributed by atoms with E-state index in [1.54, 1.807) is 0 Å². The summed E-state index contributed by atoms with van der Waals surface area (Å²) in [6.45, 7) is 9.40. The highest BCUT2D eigenvalue weighted by atomic mass is 16.3. The van der Waals surface area contributed by atoms with Gasteiger partial charge in [-0.05, 0) is 56.4 Å². The molecule has 0 amide bonds. The summed E-state index contributed by atoms with van der Waals surface area (Å²) in [5.41, 5.74) is 0. The third kappa shape index (κ3) is 3.45. The van der Waals surface area contributed by atoms with Crippen LogP contribution in [0.5, 0.6) is 0 Å². The highest BCUT2D eigenvalue weighted by Gasteiger charge is 2.36. The van der Waals surface area contributed by atoms with Gasteiger partial charge in [-0.15, -0.1) is 0 Å². The van der Waals surface area contributed by atoms with Crippen molar-refractivity contribution in [3.63, 3.8) is 0 Å². The molecule has 1 N–H and O–H groups in total. The molecule has 0 saturated heterocycles. The third-order valence-corrected chi connectivity index (χ3v) is 4.76. The molecule has 3 unspecified atom stereocenters. The van der Waals surface area contributed by atoms with Gasteiger partial charge in [-0.25, -0.2) is 0 Å². The molecule has 0 radical (unpaired) electrons. The van der Waals surface area contributed by atoms with Crippen LogP contribution in [0.15, 0.2) is 0 Å². The van der Waals surface area contributed by atoms with Crippen molar-refractivity contribution in [1.82, 2.24) is 4.90 Å². The fraction of sp³-hybridized carbons (Fsp3) is 1.00. The zero-order valence-electron chi connectivity index (χ0n) is 11.7. The summed E-state index contributed by atoms with van der Waals surface area (Å²) < 4.78 is 0. The zero-order chi connectivity index (χ0) is 12.4. The lowest BCUT2D eigenvalue weighted by Gasteiger charge is -2.43. The monoisotopic (exact) mass is 239 g/mol. The van der Waals surface area contributed by atoms with Gasteiger partial charge in [-0.3, -0.25) is 0 Å². The minimum atomic E-state index is -0.0525. The Balaban J connectivity index is 2.00. The predicted molar refractivity (Wildman–Crippen MR) is 71.9 cm³/mol. The maximum absolute atomic E-state index is 9.95. The number of hydrogen-bond acceptors (Lipinski definition) is 2. The molecule has 0 heterocycles. The summed E-state index contributed by atoms with van der Waals surface area (Å²) in [5, 5.41) is 9.95. The molecule has 0 bridgehead atoms. The molecule has 0 spiro atoms. The molecule has 2 aliphatic carbocycles. The number of rotatable bonds is 5. The van der Waals surface area contributed by atoms with Crippen molar-refractivity contribution in [2.45, 2.75) is 65.0 Å². The van der Waals surface area contributed by atoms with Crippen LogP contribution in [0.1, 0.15) is 52.9 Å². The maximum atomic E-state index is 9.95. The van der Waals surface area contributed by atoms with Crippen LogP contribution in [0.2, 0.25) is 0 Å². The van der Waals surface area contributed by atoms with Crippen LogP contribution in [0.25, 0.3) is 0 Å². The summed E-state index contributed by atoms with van der Waals surface area (Å²) in [5.74, 6) is 2.50. The Morgan fingerprint density at radius 1 is 1.18 bits per heavy atom. The first-order valence-electron chi connectivity index (χ1n) is 7.54. The van der Waals surface area contributed by atoms with E-state index in [9.17, 15) is 5.11 Å². The Hall–Kier alpha value is -0.0800. The van der Waals surface area contributed by atoms with E-state index in [2.05, 4.69) is 25.7 Å². The number of aliphatic hydroxyl groups excluding tert-OH is 1. The Bertz CT molecular complexity index is 237. The Morgan fingerprint density at radius 3 is 2.41 bits per heavy atom. The molecule has 0 aliphatic heterocycles. The summed E-state index contributed by atoms with van der Waals surface area (Å²) >= 11 is 0. The van der Waals surface area contributed by atoms with Crippen LogP contribution in [-0.2, 0) is 0 Å². The molecular weight excluding hydrogens is 210 g/mol. The van der Waals surface area contributed by atoms with Gasteiger partial charge in [0.2, 0.25) is 0 Å². The fourth-order valence-electron chi connectivity index (χ4n) is 3.48. The second-order valence-electron chi connectivity index (χ2n) is 6.47. The summed E-state index contributed by atoms with van der Waals surface area (Å²) in [7, 11) is 0. The molecule has 2 aliphatic rings. The largest absolute Gasteiger partial charge is 0.393 e. The third-order valence-electron chi connectivity index (χ3n) is 4.76. The quantitative estimate of drug-likeness (QED) is 0.797. The lowest BCUT2D eigenvalue weighted by atomic mass is 9.76. The van der Waals surface area contributed by atoms with Gasteiger partial charge < -0.3 is 10.0 Å². The van der Waals surface area contributed by atoms with Crippen molar-refractivity contribution in [3.8, 4) is 0 Å². The van der Waals surface area contributed by atoms with Crippen LogP contribution >= 0.6 is 0 Å². The van der Waals surface area contributed by atoms with E-state index in [-0.39, 0.29) is 6.10 Å². The van der Waals surface area contributed by atoms with E-state index in [1.165, 1.54) is 25.8 Å². The molecule has 100 valence electrons. The lowest BCUT2D eigenvalue weighted by Crippen LogP contribution is -2.48. The van der Waals surface area contributed by atoms with Gasteiger partial charge in [-0.1, -0.05) is 20.8 Å². The van der Waals surface area contributed by atoms with Crippen molar-refractivity contribution >= 4 is 0 Å². The van der Waals surface area contributed by atoms with Gasteiger partial charge >= 0.3 is 0 Å². The molecule has 17 heavy (non-hydrogen) atoms. The Labute approximate surface area is 106 Å². The smallest absolute Gasteiger partial charge is 0.0555 e. The van der Waals surface area contributed by atoms with Gasteiger partial charge in [0.25, 0.3) is 0 Å². The number of aliphatic hydroxyl groups is 1. The summed E-state index contributed by atoms with van der Waals surface area (Å²) in [6.07, 6.45) is 6.04. The average Bonchev–Trinajstić information content (AvgIpc) is 3.09. The zero-order valence-corrected chi connectivity index (χ0v) is 11.7. The highest BCUT2D eigenvalue weighted by Crippen LogP contribution is 2.37. The van der Waals surface area contributed by atoms with Crippen molar-refractivity contribution in [2.75, 3.05) is 13.1 Å². The minimum Gasteiger partial charge on any atom is -0.393 e. The Morgan fingerprint density at radius 2 is 1.88 bits per heavy atom. The topological polar surface area (TPSA) is 23.5 Å². The molecule has 3 atom stereocenters. The van der Waals surface area contributed by atoms with Crippen molar-refractivity contribution < 1.29 is 5.11 Å². The molecule has 0 aromatic heterocycles. The maximum Gasteiger partial charge on any atom is 0.0555 e. The first-order valence-corrected chi connectivity index (χ1v) is 7.54. The Kier molecular flexibility index (Phi) is 4.48. The van der Waals surface area contributed by atoms with Crippen LogP contribution in [0.4, 0.5) is 0 Å². The predicted octanol–water partition coefficient (Wildman–Crippen LogP) is 2.90. The van der Waals surface area contributed by atoms with Gasteiger partial charge in [0, 0.05) is 12.6 Å². The lowest BCUT2D eigenvalue weighted by molar-refractivity contribution is 0.0118. The highest BCUT2D eigenvalue weighted by molar-refractivity contribution is 4.90. The van der Waals surface area contributed by atoms with Crippen molar-refractivity contribution in [3.05, 3.63) is 0 Å². The van der Waals surface area contributed by atoms with E-state index in [4.69, 9.17) is 0 Å². The standard InChI is InChI=1S/C15H29NO/c1-4-16(10-12-5-6-12)15-9-13(17)7-8-14(15)11(2)3/h11-15,17H,4-10H2,1-3H3. The molecule has 2 nitrogen and oxygen atoms in total. The second kappa shape index (κ2) is 5.71. The number of nitrogens with zero attached hydrogens (tertiary/aromatic N) is 1. The summed E-state index contributed by atoms with van der Waals surface area (Å²) in [4.78, 5) is 2.66. The van der Waals surface area contributed by atoms with Gasteiger partial charge in [-0.2, -0.15) is 0 Å². The molecule has 0 aromatic rings. The van der Waals surface area contributed by atoms with E-state index in [0.717, 1.165) is 37.1 Å². The number of hydrogen-bond donors (Lipinski definition) is 1. The molecule has 0 aromatic carbocycles. The molecule has 2 rings (SSSR count). The molecule has 2 fully saturated rings. The van der Waals surface area contributed by atoms with Crippen molar-refractivity contribution in [1.29, 1.82) is 0 Å². The van der Waals surface area contributed by atoms with Gasteiger partial charge in [0.05, 0.1) is 6.10 Å². The van der Waals surface area contributed by atoms with Crippen molar-refractivity contribution in [2.24, 2.45) is 17.8 Å². The van der Waals surface area contributed by atoms with Gasteiger partial charge in [0.1, 0.15) is 0 Å². The van der Waals surface area contributed by atoms with Crippen LogP contribution in [0.3, 0.4) is 0 Å². The first kappa shape index (κ1) is 13.4. The molecule has 2 heteroatoms. The van der Waals surface area contributed by atoms with E-state index in [0.29, 0.717) is 6.04 Å².